The third kappa shape index (κ3) is 2.91. The number of aliphatic hydroxyl groups is 2. The summed E-state index contributed by atoms with van der Waals surface area (Å²) < 4.78 is 0. The number of hydrogen-bond acceptors (Lipinski definition) is 6. The van der Waals surface area contributed by atoms with E-state index in [2.05, 4.69) is 20.8 Å². The van der Waals surface area contributed by atoms with Gasteiger partial charge in [-0.3, -0.25) is 5.32 Å². The number of amides is 2. The molecule has 132 valence electrons. The first-order valence-electron chi connectivity index (χ1n) is 8.73. The second-order valence-electron chi connectivity index (χ2n) is 7.77. The van der Waals surface area contributed by atoms with E-state index in [1.165, 1.54) is 49.9 Å². The summed E-state index contributed by atoms with van der Waals surface area (Å²) in [4.78, 5) is 11.9. The maximum Gasteiger partial charge on any atom is 0.321 e. The monoisotopic (exact) mass is 352 g/mol. The molecule has 2 amide bonds. The van der Waals surface area contributed by atoms with E-state index in [0.717, 1.165) is 22.8 Å². The van der Waals surface area contributed by atoms with Crippen molar-refractivity contribution in [1.29, 1.82) is 0 Å². The zero-order valence-electron chi connectivity index (χ0n) is 13.6. The number of hydrogen-bond donors (Lipinski definition) is 4. The number of anilines is 1. The molecule has 0 spiro atoms. The highest BCUT2D eigenvalue weighted by Crippen LogP contribution is 2.61. The molecule has 8 heteroatoms. The van der Waals surface area contributed by atoms with Crippen LogP contribution in [-0.2, 0) is 5.41 Å². The maximum absolute atomic E-state index is 11.9. The first-order chi connectivity index (χ1) is 11.6. The van der Waals surface area contributed by atoms with Gasteiger partial charge >= 0.3 is 6.03 Å². The molecular weight excluding hydrogens is 328 g/mol. The van der Waals surface area contributed by atoms with Crippen LogP contribution in [0.5, 0.6) is 0 Å². The minimum atomic E-state index is -0.666. The lowest BCUT2D eigenvalue weighted by Crippen LogP contribution is -2.48. The van der Waals surface area contributed by atoms with Crippen molar-refractivity contribution in [3.8, 4) is 0 Å². The van der Waals surface area contributed by atoms with Crippen molar-refractivity contribution in [2.24, 2.45) is 17.8 Å². The van der Waals surface area contributed by atoms with Crippen molar-refractivity contribution in [2.75, 3.05) is 18.5 Å². The van der Waals surface area contributed by atoms with Crippen LogP contribution in [-0.4, -0.2) is 45.7 Å². The number of rotatable bonds is 5. The molecule has 4 aliphatic rings. The molecule has 0 aromatic carbocycles. The Morgan fingerprint density at radius 2 is 1.71 bits per heavy atom. The molecule has 1 heterocycles. The highest BCUT2D eigenvalue weighted by Gasteiger charge is 2.53. The van der Waals surface area contributed by atoms with Crippen LogP contribution in [0.1, 0.15) is 43.5 Å². The van der Waals surface area contributed by atoms with Crippen molar-refractivity contribution in [1.82, 2.24) is 15.5 Å². The first-order valence-corrected chi connectivity index (χ1v) is 9.55. The van der Waals surface area contributed by atoms with E-state index in [0.29, 0.717) is 5.13 Å². The molecule has 0 saturated heterocycles. The van der Waals surface area contributed by atoms with E-state index in [1.54, 1.807) is 0 Å². The Bertz CT molecular complexity index is 581. The van der Waals surface area contributed by atoms with Crippen LogP contribution in [0.3, 0.4) is 0 Å². The number of aliphatic hydroxyl groups excluding tert-OH is 2. The molecule has 4 aliphatic carbocycles. The average molecular weight is 352 g/mol. The minimum absolute atomic E-state index is 0.182. The van der Waals surface area contributed by atoms with Crippen LogP contribution in [0, 0.1) is 17.8 Å². The van der Waals surface area contributed by atoms with Gasteiger partial charge in [0.2, 0.25) is 5.13 Å². The van der Waals surface area contributed by atoms with Gasteiger partial charge in [0.1, 0.15) is 5.01 Å². The second kappa shape index (κ2) is 6.24. The summed E-state index contributed by atoms with van der Waals surface area (Å²) in [5, 5.41) is 33.3. The van der Waals surface area contributed by atoms with Crippen molar-refractivity contribution in [3.63, 3.8) is 0 Å². The average Bonchev–Trinajstić information content (AvgIpc) is 3.00. The Balaban J connectivity index is 1.44. The van der Waals surface area contributed by atoms with Gasteiger partial charge in [0.15, 0.2) is 0 Å². The smallest absolute Gasteiger partial charge is 0.321 e. The van der Waals surface area contributed by atoms with E-state index >= 15 is 0 Å². The van der Waals surface area contributed by atoms with Crippen molar-refractivity contribution in [3.05, 3.63) is 5.01 Å². The Morgan fingerprint density at radius 3 is 2.25 bits per heavy atom. The number of urea groups is 1. The van der Waals surface area contributed by atoms with Crippen LogP contribution >= 0.6 is 11.3 Å². The minimum Gasteiger partial charge on any atom is -0.394 e. The number of carbonyl (C=O) groups excluding carboxylic acids is 1. The molecule has 4 bridgehead atoms. The molecule has 4 saturated carbocycles. The summed E-state index contributed by atoms with van der Waals surface area (Å²) in [6.07, 6.45) is 7.81. The summed E-state index contributed by atoms with van der Waals surface area (Å²) in [5.41, 5.74) is 0.182. The van der Waals surface area contributed by atoms with E-state index in [4.69, 9.17) is 10.2 Å². The molecule has 0 radical (unpaired) electrons. The molecule has 0 unspecified atom stereocenters. The van der Waals surface area contributed by atoms with Gasteiger partial charge in [-0.2, -0.15) is 0 Å². The standard InChI is InChI=1S/C16H24N4O3S/c21-7-12(8-22)17-14(23)18-15-20-19-13(24-15)16-4-9-1-10(5-16)3-11(2-9)6-16/h9-12,21-22H,1-8H2,(H2,17,18,20,23). The molecule has 1 aromatic heterocycles. The molecule has 24 heavy (non-hydrogen) atoms. The van der Waals surface area contributed by atoms with Gasteiger partial charge in [-0.15, -0.1) is 10.2 Å². The molecule has 4 fully saturated rings. The lowest BCUT2D eigenvalue weighted by Gasteiger charge is -2.55. The van der Waals surface area contributed by atoms with Crippen molar-refractivity contribution < 1.29 is 15.0 Å². The normalized spacial score (nSPS) is 33.9. The lowest BCUT2D eigenvalue weighted by atomic mass is 9.50. The third-order valence-electron chi connectivity index (χ3n) is 5.91. The molecule has 4 N–H and O–H groups in total. The zero-order valence-corrected chi connectivity index (χ0v) is 14.4. The van der Waals surface area contributed by atoms with E-state index < -0.39 is 12.1 Å². The lowest BCUT2D eigenvalue weighted by molar-refractivity contribution is -0.00555. The molecule has 7 nitrogen and oxygen atoms in total. The van der Waals surface area contributed by atoms with E-state index in [1.807, 2.05) is 0 Å². The summed E-state index contributed by atoms with van der Waals surface area (Å²) in [6.45, 7) is -0.614. The predicted octanol–water partition coefficient (Wildman–Crippen LogP) is 1.48. The Kier molecular flexibility index (Phi) is 4.22. The highest BCUT2D eigenvalue weighted by atomic mass is 32.1. The predicted molar refractivity (Wildman–Crippen MR) is 89.9 cm³/mol. The summed E-state index contributed by atoms with van der Waals surface area (Å²) >= 11 is 1.47. The number of aromatic nitrogens is 2. The fraction of sp³-hybridized carbons (Fsp3) is 0.812. The fourth-order valence-electron chi connectivity index (χ4n) is 5.33. The highest BCUT2D eigenvalue weighted by molar-refractivity contribution is 7.15. The zero-order chi connectivity index (χ0) is 16.7. The summed E-state index contributed by atoms with van der Waals surface area (Å²) in [5.74, 6) is 2.53. The largest absolute Gasteiger partial charge is 0.394 e. The molecule has 5 rings (SSSR count). The summed E-state index contributed by atoms with van der Waals surface area (Å²) in [6, 6.07) is -1.14. The third-order valence-corrected chi connectivity index (χ3v) is 7.00. The van der Waals surface area contributed by atoms with Crippen molar-refractivity contribution >= 4 is 22.5 Å². The number of nitrogens with zero attached hydrogens (tertiary/aromatic N) is 2. The van der Waals surface area contributed by atoms with Gasteiger partial charge in [0, 0.05) is 5.41 Å². The van der Waals surface area contributed by atoms with Gasteiger partial charge in [0.05, 0.1) is 19.3 Å². The molecule has 0 aliphatic heterocycles. The van der Waals surface area contributed by atoms with Crippen LogP contribution in [0.4, 0.5) is 9.93 Å². The first kappa shape index (κ1) is 16.2. The maximum atomic E-state index is 11.9. The van der Waals surface area contributed by atoms with E-state index in [9.17, 15) is 4.79 Å². The van der Waals surface area contributed by atoms with Gasteiger partial charge < -0.3 is 15.5 Å². The van der Waals surface area contributed by atoms with Gasteiger partial charge in [-0.1, -0.05) is 11.3 Å². The van der Waals surface area contributed by atoms with Gasteiger partial charge in [-0.05, 0) is 56.3 Å². The van der Waals surface area contributed by atoms with Crippen molar-refractivity contribution in [2.45, 2.75) is 50.0 Å². The second-order valence-corrected chi connectivity index (χ2v) is 8.75. The molecule has 0 atom stereocenters. The number of nitrogens with one attached hydrogen (secondary N) is 2. The van der Waals surface area contributed by atoms with Crippen LogP contribution in [0.25, 0.3) is 0 Å². The fourth-order valence-corrected chi connectivity index (χ4v) is 6.28. The van der Waals surface area contributed by atoms with Crippen LogP contribution in [0.15, 0.2) is 0 Å². The SMILES string of the molecule is O=C(Nc1nnc(C23CC4CC(CC(C4)C2)C3)s1)NC(CO)CO. The number of carbonyl (C=O) groups is 1. The van der Waals surface area contributed by atoms with Gasteiger partial charge in [-0.25, -0.2) is 4.79 Å². The Morgan fingerprint density at radius 1 is 1.12 bits per heavy atom. The quantitative estimate of drug-likeness (QED) is 0.642. The van der Waals surface area contributed by atoms with Crippen LogP contribution in [0.2, 0.25) is 0 Å². The molecule has 1 aromatic rings. The van der Waals surface area contributed by atoms with Crippen LogP contribution < -0.4 is 10.6 Å². The molecular formula is C16H24N4O3S. The topological polar surface area (TPSA) is 107 Å². The Hall–Kier alpha value is -1.25. The Labute approximate surface area is 144 Å². The van der Waals surface area contributed by atoms with Gasteiger partial charge in [0.25, 0.3) is 0 Å². The van der Waals surface area contributed by atoms with E-state index in [-0.39, 0.29) is 18.6 Å². The summed E-state index contributed by atoms with van der Waals surface area (Å²) in [7, 11) is 0.